The molecule has 0 aliphatic carbocycles. The van der Waals surface area contributed by atoms with Crippen molar-refractivity contribution in [3.05, 3.63) is 30.3 Å². The number of carbonyl (C=O) groups excluding carboxylic acids is 1. The van der Waals surface area contributed by atoms with Crippen molar-refractivity contribution in [2.45, 2.75) is 6.10 Å². The molecule has 1 aliphatic heterocycles. The molecule has 1 fully saturated rings. The fraction of sp³-hybridized carbons (Fsp3) is 0.364. The summed E-state index contributed by atoms with van der Waals surface area (Å²) in [5.74, 6) is -0.403. The number of hydrogen-bond donors (Lipinski definition) is 1. The monoisotopic (exact) mass is 205 g/mol. The summed E-state index contributed by atoms with van der Waals surface area (Å²) >= 11 is 0. The van der Waals surface area contributed by atoms with Crippen LogP contribution in [0.2, 0.25) is 0 Å². The fourth-order valence-electron chi connectivity index (χ4n) is 1.64. The van der Waals surface area contributed by atoms with Crippen LogP contribution in [0.3, 0.4) is 0 Å². The van der Waals surface area contributed by atoms with Crippen molar-refractivity contribution in [2.75, 3.05) is 24.6 Å². The van der Waals surface area contributed by atoms with E-state index in [0.717, 1.165) is 12.2 Å². The van der Waals surface area contributed by atoms with E-state index >= 15 is 0 Å². The lowest BCUT2D eigenvalue weighted by Gasteiger charge is -2.32. The van der Waals surface area contributed by atoms with Crippen LogP contribution >= 0.6 is 0 Å². The lowest BCUT2D eigenvalue weighted by atomic mass is 10.2. The number of benzene rings is 1. The first-order chi connectivity index (χ1) is 7.27. The predicted octanol–water partition coefficient (Wildman–Crippen LogP) is 0.177. The number of nitrogens with zero attached hydrogens (tertiary/aromatic N) is 1. The second-order valence-electron chi connectivity index (χ2n) is 3.47. The van der Waals surface area contributed by atoms with E-state index in [9.17, 15) is 4.79 Å². The SMILES string of the molecule is NC(=O)C1CN(c2c[c]ccc2)CCO1. The summed E-state index contributed by atoms with van der Waals surface area (Å²) < 4.78 is 5.26. The van der Waals surface area contributed by atoms with Crippen LogP contribution in [0.25, 0.3) is 0 Å². The van der Waals surface area contributed by atoms with Gasteiger partial charge in [0.05, 0.1) is 13.2 Å². The maximum Gasteiger partial charge on any atom is 0.248 e. The van der Waals surface area contributed by atoms with Gasteiger partial charge in [-0.1, -0.05) is 12.1 Å². The number of nitrogens with two attached hydrogens (primary N) is 1. The molecule has 1 unspecified atom stereocenters. The van der Waals surface area contributed by atoms with Gasteiger partial charge in [-0.25, -0.2) is 0 Å². The average molecular weight is 205 g/mol. The van der Waals surface area contributed by atoms with Gasteiger partial charge in [0.1, 0.15) is 0 Å². The van der Waals surface area contributed by atoms with Gasteiger partial charge in [0.15, 0.2) is 6.10 Å². The smallest absolute Gasteiger partial charge is 0.248 e. The van der Waals surface area contributed by atoms with Gasteiger partial charge in [-0.15, -0.1) is 0 Å². The summed E-state index contributed by atoms with van der Waals surface area (Å²) in [4.78, 5) is 13.1. The van der Waals surface area contributed by atoms with Crippen molar-refractivity contribution < 1.29 is 9.53 Å². The summed E-state index contributed by atoms with van der Waals surface area (Å²) in [6, 6.07) is 10.6. The molecule has 1 saturated heterocycles. The van der Waals surface area contributed by atoms with Crippen molar-refractivity contribution in [1.82, 2.24) is 0 Å². The Kier molecular flexibility index (Phi) is 2.87. The minimum Gasteiger partial charge on any atom is -0.367 e. The topological polar surface area (TPSA) is 55.6 Å². The summed E-state index contributed by atoms with van der Waals surface area (Å²) in [6.07, 6.45) is -0.501. The summed E-state index contributed by atoms with van der Waals surface area (Å²) in [7, 11) is 0. The van der Waals surface area contributed by atoms with E-state index in [1.165, 1.54) is 0 Å². The third kappa shape index (κ3) is 2.27. The quantitative estimate of drug-likeness (QED) is 0.749. The summed E-state index contributed by atoms with van der Waals surface area (Å²) in [5.41, 5.74) is 6.26. The molecule has 4 heteroatoms. The Balaban J connectivity index is 2.08. The highest BCUT2D eigenvalue weighted by atomic mass is 16.5. The summed E-state index contributed by atoms with van der Waals surface area (Å²) in [5, 5.41) is 0. The number of ether oxygens (including phenoxy) is 1. The van der Waals surface area contributed by atoms with E-state index in [1.807, 2.05) is 24.3 Å². The van der Waals surface area contributed by atoms with Gasteiger partial charge < -0.3 is 15.4 Å². The molecule has 1 aromatic rings. The van der Waals surface area contributed by atoms with E-state index < -0.39 is 12.0 Å². The molecule has 0 saturated carbocycles. The third-order valence-corrected chi connectivity index (χ3v) is 2.44. The van der Waals surface area contributed by atoms with E-state index in [-0.39, 0.29) is 0 Å². The van der Waals surface area contributed by atoms with Crippen molar-refractivity contribution in [1.29, 1.82) is 0 Å². The van der Waals surface area contributed by atoms with Gasteiger partial charge in [-0.3, -0.25) is 4.79 Å². The molecule has 1 atom stereocenters. The second kappa shape index (κ2) is 4.31. The number of primary amides is 1. The van der Waals surface area contributed by atoms with Crippen LogP contribution in [-0.2, 0) is 9.53 Å². The molecule has 0 bridgehead atoms. The van der Waals surface area contributed by atoms with Crippen LogP contribution in [-0.4, -0.2) is 31.7 Å². The Morgan fingerprint density at radius 3 is 3.20 bits per heavy atom. The highest BCUT2D eigenvalue weighted by Gasteiger charge is 2.24. The minimum absolute atomic E-state index is 0.403. The van der Waals surface area contributed by atoms with Crippen LogP contribution < -0.4 is 10.6 Å². The van der Waals surface area contributed by atoms with Crippen LogP contribution in [0.5, 0.6) is 0 Å². The molecule has 1 aromatic carbocycles. The minimum atomic E-state index is -0.501. The Bertz CT molecular complexity index is 340. The van der Waals surface area contributed by atoms with Crippen LogP contribution in [0.4, 0.5) is 5.69 Å². The largest absolute Gasteiger partial charge is 0.367 e. The molecule has 1 heterocycles. The van der Waals surface area contributed by atoms with Gasteiger partial charge in [-0.2, -0.15) is 0 Å². The van der Waals surface area contributed by atoms with Gasteiger partial charge in [0.2, 0.25) is 5.91 Å². The Labute approximate surface area is 88.6 Å². The van der Waals surface area contributed by atoms with Crippen molar-refractivity contribution >= 4 is 11.6 Å². The van der Waals surface area contributed by atoms with Gasteiger partial charge >= 0.3 is 0 Å². The van der Waals surface area contributed by atoms with Crippen LogP contribution in [0.1, 0.15) is 0 Å². The lowest BCUT2D eigenvalue weighted by Crippen LogP contribution is -2.48. The molecule has 2 N–H and O–H groups in total. The molecule has 2 rings (SSSR count). The lowest BCUT2D eigenvalue weighted by molar-refractivity contribution is -0.130. The van der Waals surface area contributed by atoms with Crippen LogP contribution in [0.15, 0.2) is 24.3 Å². The standard InChI is InChI=1S/C11H13N2O2/c12-11(14)10-8-13(6-7-15-10)9-4-2-1-3-5-9/h1-2,4-5,10H,6-8H2,(H2,12,14). The fourth-order valence-corrected chi connectivity index (χ4v) is 1.64. The third-order valence-electron chi connectivity index (χ3n) is 2.44. The Hall–Kier alpha value is -1.55. The van der Waals surface area contributed by atoms with Gasteiger partial charge in [0, 0.05) is 12.2 Å². The molecular formula is C11H13N2O2. The highest BCUT2D eigenvalue weighted by molar-refractivity contribution is 5.79. The zero-order valence-electron chi connectivity index (χ0n) is 8.35. The van der Waals surface area contributed by atoms with Crippen molar-refractivity contribution in [2.24, 2.45) is 5.73 Å². The Morgan fingerprint density at radius 1 is 1.67 bits per heavy atom. The number of morpholine rings is 1. The molecule has 0 spiro atoms. The zero-order valence-corrected chi connectivity index (χ0v) is 8.35. The van der Waals surface area contributed by atoms with Crippen LogP contribution in [0, 0.1) is 6.07 Å². The van der Waals surface area contributed by atoms with Crippen molar-refractivity contribution in [3.63, 3.8) is 0 Å². The number of anilines is 1. The van der Waals surface area contributed by atoms with E-state index in [1.54, 1.807) is 0 Å². The first-order valence-electron chi connectivity index (χ1n) is 4.89. The molecule has 79 valence electrons. The Morgan fingerprint density at radius 2 is 2.53 bits per heavy atom. The first kappa shape index (κ1) is 9.98. The molecule has 1 aliphatic rings. The summed E-state index contributed by atoms with van der Waals surface area (Å²) in [6.45, 7) is 1.83. The molecule has 0 aromatic heterocycles. The van der Waals surface area contributed by atoms with E-state index in [2.05, 4.69) is 11.0 Å². The molecule has 4 nitrogen and oxygen atoms in total. The number of carbonyl (C=O) groups is 1. The maximum atomic E-state index is 11.0. The number of rotatable bonds is 2. The van der Waals surface area contributed by atoms with Crippen molar-refractivity contribution in [3.8, 4) is 0 Å². The second-order valence-corrected chi connectivity index (χ2v) is 3.47. The molecular weight excluding hydrogens is 192 g/mol. The first-order valence-corrected chi connectivity index (χ1v) is 4.89. The normalized spacial score (nSPS) is 21.3. The van der Waals surface area contributed by atoms with E-state index in [4.69, 9.17) is 10.5 Å². The van der Waals surface area contributed by atoms with Gasteiger partial charge in [0.25, 0.3) is 0 Å². The maximum absolute atomic E-state index is 11.0. The predicted molar refractivity (Wildman–Crippen MR) is 56.4 cm³/mol. The van der Waals surface area contributed by atoms with E-state index in [0.29, 0.717) is 13.2 Å². The van der Waals surface area contributed by atoms with Gasteiger partial charge in [-0.05, 0) is 18.2 Å². The highest BCUT2D eigenvalue weighted by Crippen LogP contribution is 2.16. The molecule has 15 heavy (non-hydrogen) atoms. The molecule has 1 amide bonds. The number of amides is 1. The average Bonchev–Trinajstić information content (AvgIpc) is 2.30. The number of hydrogen-bond acceptors (Lipinski definition) is 3. The molecule has 1 radical (unpaired) electrons. The zero-order chi connectivity index (χ0) is 10.7.